The lowest BCUT2D eigenvalue weighted by Gasteiger charge is -2.33. The first kappa shape index (κ1) is 12.9. The third-order valence-corrected chi connectivity index (χ3v) is 4.91. The number of hydrogen-bond acceptors (Lipinski definition) is 3. The number of amides is 1. The summed E-state index contributed by atoms with van der Waals surface area (Å²) >= 11 is 0. The molecule has 3 aliphatic rings. The molecule has 0 aromatic heterocycles. The van der Waals surface area contributed by atoms with Crippen molar-refractivity contribution in [3.8, 4) is 0 Å². The molecule has 3 atom stereocenters. The number of carboxylic acid groups (broad SMARTS) is 1. The minimum absolute atomic E-state index is 0.0543. The quantitative estimate of drug-likeness (QED) is 0.829. The van der Waals surface area contributed by atoms with Crippen LogP contribution in [-0.4, -0.2) is 47.7 Å². The van der Waals surface area contributed by atoms with Crippen LogP contribution in [0.2, 0.25) is 0 Å². The van der Waals surface area contributed by atoms with Crippen molar-refractivity contribution in [3.05, 3.63) is 0 Å². The van der Waals surface area contributed by atoms with Crippen molar-refractivity contribution in [2.75, 3.05) is 19.8 Å². The SMILES string of the molecule is O=C(O)CN(C(=O)C1[C@H]2CCC[C@@H]12)C1CCOCC1. The van der Waals surface area contributed by atoms with Crippen molar-refractivity contribution >= 4 is 11.9 Å². The molecule has 1 saturated heterocycles. The smallest absolute Gasteiger partial charge is 0.323 e. The Morgan fingerprint density at radius 2 is 1.74 bits per heavy atom. The maximum atomic E-state index is 12.6. The predicted molar refractivity (Wildman–Crippen MR) is 67.5 cm³/mol. The van der Waals surface area contributed by atoms with Crippen molar-refractivity contribution in [3.63, 3.8) is 0 Å². The van der Waals surface area contributed by atoms with Crippen LogP contribution in [0.3, 0.4) is 0 Å². The number of carbonyl (C=O) groups excluding carboxylic acids is 1. The van der Waals surface area contributed by atoms with Gasteiger partial charge in [-0.15, -0.1) is 0 Å². The summed E-state index contributed by atoms with van der Waals surface area (Å²) in [5.41, 5.74) is 0. The molecule has 1 unspecified atom stereocenters. The van der Waals surface area contributed by atoms with Gasteiger partial charge in [-0.1, -0.05) is 6.42 Å². The Morgan fingerprint density at radius 1 is 1.11 bits per heavy atom. The lowest BCUT2D eigenvalue weighted by molar-refractivity contribution is -0.148. The zero-order chi connectivity index (χ0) is 13.4. The Labute approximate surface area is 112 Å². The first-order valence-corrected chi connectivity index (χ1v) is 7.28. The van der Waals surface area contributed by atoms with Gasteiger partial charge in [0.05, 0.1) is 0 Å². The van der Waals surface area contributed by atoms with E-state index in [1.807, 2.05) is 0 Å². The molecule has 1 aliphatic heterocycles. The summed E-state index contributed by atoms with van der Waals surface area (Å²) in [5.74, 6) is 0.387. The molecule has 1 heterocycles. The second-order valence-electron chi connectivity index (χ2n) is 5.99. The standard InChI is InChI=1S/C14H21NO4/c16-12(17)8-15(9-4-6-19-7-5-9)14(18)13-10-2-1-3-11(10)13/h9-11,13H,1-8H2,(H,16,17)/t10-,11+,13?. The average Bonchev–Trinajstić information content (AvgIpc) is 2.89. The summed E-state index contributed by atoms with van der Waals surface area (Å²) in [6, 6.07) is 0.0543. The monoisotopic (exact) mass is 267 g/mol. The predicted octanol–water partition coefficient (Wildman–Crippen LogP) is 1.12. The molecule has 0 aromatic rings. The van der Waals surface area contributed by atoms with Crippen LogP contribution in [0, 0.1) is 17.8 Å². The van der Waals surface area contributed by atoms with E-state index < -0.39 is 5.97 Å². The zero-order valence-electron chi connectivity index (χ0n) is 11.1. The van der Waals surface area contributed by atoms with Gasteiger partial charge in [-0.3, -0.25) is 9.59 Å². The van der Waals surface area contributed by atoms with Gasteiger partial charge in [0.25, 0.3) is 0 Å². The number of aliphatic carboxylic acids is 1. The van der Waals surface area contributed by atoms with E-state index in [-0.39, 0.29) is 24.4 Å². The van der Waals surface area contributed by atoms with Crippen molar-refractivity contribution in [1.82, 2.24) is 4.90 Å². The number of carboxylic acids is 1. The van der Waals surface area contributed by atoms with Gasteiger partial charge in [0.1, 0.15) is 6.54 Å². The van der Waals surface area contributed by atoms with Gasteiger partial charge in [-0.25, -0.2) is 0 Å². The molecule has 3 rings (SSSR count). The maximum Gasteiger partial charge on any atom is 0.323 e. The largest absolute Gasteiger partial charge is 0.480 e. The van der Waals surface area contributed by atoms with Crippen LogP contribution in [0.5, 0.6) is 0 Å². The lowest BCUT2D eigenvalue weighted by atomic mass is 10.0. The second kappa shape index (κ2) is 5.12. The molecule has 2 saturated carbocycles. The van der Waals surface area contributed by atoms with Gasteiger partial charge in [0.2, 0.25) is 5.91 Å². The minimum atomic E-state index is -0.911. The third kappa shape index (κ3) is 2.48. The van der Waals surface area contributed by atoms with Crippen LogP contribution in [0.15, 0.2) is 0 Å². The number of rotatable bonds is 4. The average molecular weight is 267 g/mol. The molecule has 2 aliphatic carbocycles. The molecule has 5 nitrogen and oxygen atoms in total. The number of ether oxygens (including phenoxy) is 1. The highest BCUT2D eigenvalue weighted by molar-refractivity contribution is 5.86. The normalized spacial score (nSPS) is 33.8. The van der Waals surface area contributed by atoms with Crippen molar-refractivity contribution < 1.29 is 19.4 Å². The van der Waals surface area contributed by atoms with Gasteiger partial charge in [0.15, 0.2) is 0 Å². The van der Waals surface area contributed by atoms with Gasteiger partial charge in [-0.2, -0.15) is 0 Å². The first-order chi connectivity index (χ1) is 9.18. The highest BCUT2D eigenvalue weighted by atomic mass is 16.5. The molecule has 5 heteroatoms. The Morgan fingerprint density at radius 3 is 2.32 bits per heavy atom. The summed E-state index contributed by atoms with van der Waals surface area (Å²) < 4.78 is 5.30. The molecule has 1 amide bonds. The lowest BCUT2D eigenvalue weighted by Crippen LogP contribution is -2.47. The number of fused-ring (bicyclic) bond motifs is 1. The van der Waals surface area contributed by atoms with E-state index in [0.29, 0.717) is 25.0 Å². The van der Waals surface area contributed by atoms with E-state index >= 15 is 0 Å². The van der Waals surface area contributed by atoms with Crippen LogP contribution >= 0.6 is 0 Å². The van der Waals surface area contributed by atoms with Crippen molar-refractivity contribution in [2.45, 2.75) is 38.1 Å². The fraction of sp³-hybridized carbons (Fsp3) is 0.857. The molecule has 0 spiro atoms. The highest BCUT2D eigenvalue weighted by Gasteiger charge is 2.58. The van der Waals surface area contributed by atoms with Crippen molar-refractivity contribution in [2.24, 2.45) is 17.8 Å². The van der Waals surface area contributed by atoms with Crippen LogP contribution in [-0.2, 0) is 14.3 Å². The maximum absolute atomic E-state index is 12.6. The van der Waals surface area contributed by atoms with E-state index in [9.17, 15) is 9.59 Å². The Bertz CT molecular complexity index is 368. The fourth-order valence-electron chi connectivity index (χ4n) is 3.91. The number of hydrogen-bond donors (Lipinski definition) is 1. The van der Waals surface area contributed by atoms with E-state index in [0.717, 1.165) is 25.7 Å². The fourth-order valence-corrected chi connectivity index (χ4v) is 3.91. The van der Waals surface area contributed by atoms with E-state index in [1.54, 1.807) is 4.90 Å². The van der Waals surface area contributed by atoms with E-state index in [4.69, 9.17) is 9.84 Å². The summed E-state index contributed by atoms with van der Waals surface area (Å²) in [4.78, 5) is 25.2. The zero-order valence-corrected chi connectivity index (χ0v) is 11.1. The molecule has 3 fully saturated rings. The van der Waals surface area contributed by atoms with Crippen LogP contribution in [0.4, 0.5) is 0 Å². The molecule has 0 bridgehead atoms. The Kier molecular flexibility index (Phi) is 3.48. The number of nitrogens with zero attached hydrogens (tertiary/aromatic N) is 1. The topological polar surface area (TPSA) is 66.8 Å². The molecular weight excluding hydrogens is 246 g/mol. The summed E-state index contributed by atoms with van der Waals surface area (Å²) in [6.45, 7) is 1.11. The summed E-state index contributed by atoms with van der Waals surface area (Å²) in [5, 5.41) is 9.04. The summed E-state index contributed by atoms with van der Waals surface area (Å²) in [7, 11) is 0. The van der Waals surface area contributed by atoms with E-state index in [1.165, 1.54) is 6.42 Å². The molecule has 0 radical (unpaired) electrons. The minimum Gasteiger partial charge on any atom is -0.480 e. The van der Waals surface area contributed by atoms with Gasteiger partial charge < -0.3 is 14.7 Å². The molecule has 0 aromatic carbocycles. The Hall–Kier alpha value is -1.10. The van der Waals surface area contributed by atoms with Gasteiger partial charge in [-0.05, 0) is 37.5 Å². The molecule has 1 N–H and O–H groups in total. The second-order valence-corrected chi connectivity index (χ2v) is 5.99. The van der Waals surface area contributed by atoms with Gasteiger partial charge in [0, 0.05) is 25.2 Å². The van der Waals surface area contributed by atoms with Gasteiger partial charge >= 0.3 is 5.97 Å². The molecular formula is C14H21NO4. The molecule has 106 valence electrons. The molecule has 19 heavy (non-hydrogen) atoms. The van der Waals surface area contributed by atoms with E-state index in [2.05, 4.69) is 0 Å². The third-order valence-electron chi connectivity index (χ3n) is 4.91. The first-order valence-electron chi connectivity index (χ1n) is 7.28. The highest BCUT2D eigenvalue weighted by Crippen LogP contribution is 2.58. The summed E-state index contributed by atoms with van der Waals surface area (Å²) in [6.07, 6.45) is 5.06. The van der Waals surface area contributed by atoms with Crippen LogP contribution in [0.25, 0.3) is 0 Å². The van der Waals surface area contributed by atoms with Crippen LogP contribution in [0.1, 0.15) is 32.1 Å². The Balaban J connectivity index is 1.67. The van der Waals surface area contributed by atoms with Crippen LogP contribution < -0.4 is 0 Å². The number of carbonyl (C=O) groups is 2. The van der Waals surface area contributed by atoms with Crippen molar-refractivity contribution in [1.29, 1.82) is 0 Å².